The van der Waals surface area contributed by atoms with Crippen molar-refractivity contribution < 1.29 is 14.3 Å². The number of ether oxygens (including phenoxy) is 1. The van der Waals surface area contributed by atoms with E-state index in [1.807, 2.05) is 37.3 Å². The lowest BCUT2D eigenvalue weighted by atomic mass is 10.1. The monoisotopic (exact) mass is 388 g/mol. The van der Waals surface area contributed by atoms with E-state index in [-0.39, 0.29) is 18.4 Å². The predicted molar refractivity (Wildman–Crippen MR) is 107 cm³/mol. The lowest BCUT2D eigenvalue weighted by Crippen LogP contribution is -2.49. The first-order valence-electron chi connectivity index (χ1n) is 9.00. The lowest BCUT2D eigenvalue weighted by Gasteiger charge is -2.28. The van der Waals surface area contributed by atoms with Crippen molar-refractivity contribution in [3.8, 4) is 5.75 Å². The van der Waals surface area contributed by atoms with Crippen LogP contribution in [-0.2, 0) is 16.1 Å². The van der Waals surface area contributed by atoms with E-state index < -0.39 is 6.04 Å². The van der Waals surface area contributed by atoms with E-state index in [9.17, 15) is 9.59 Å². The van der Waals surface area contributed by atoms with E-state index in [1.54, 1.807) is 31.2 Å². The van der Waals surface area contributed by atoms with Crippen LogP contribution >= 0.6 is 11.6 Å². The molecule has 1 N–H and O–H groups in total. The first kappa shape index (κ1) is 20.8. The van der Waals surface area contributed by atoms with E-state index in [4.69, 9.17) is 16.3 Å². The summed E-state index contributed by atoms with van der Waals surface area (Å²) in [4.78, 5) is 26.7. The van der Waals surface area contributed by atoms with Crippen LogP contribution in [0, 0.1) is 0 Å². The fourth-order valence-electron chi connectivity index (χ4n) is 2.52. The third-order valence-corrected chi connectivity index (χ3v) is 4.34. The summed E-state index contributed by atoms with van der Waals surface area (Å²) in [5, 5.41) is 3.44. The number of nitrogens with zero attached hydrogens (tertiary/aromatic N) is 1. The molecule has 0 heterocycles. The molecule has 2 aromatic carbocycles. The van der Waals surface area contributed by atoms with Crippen LogP contribution < -0.4 is 10.1 Å². The zero-order valence-electron chi connectivity index (χ0n) is 15.7. The fourth-order valence-corrected chi connectivity index (χ4v) is 2.64. The summed E-state index contributed by atoms with van der Waals surface area (Å²) in [6, 6.07) is 15.8. The number of amides is 2. The van der Waals surface area contributed by atoms with E-state index >= 15 is 0 Å². The normalized spacial score (nSPS) is 11.5. The molecule has 144 valence electrons. The number of halogens is 1. The summed E-state index contributed by atoms with van der Waals surface area (Å²) in [6.45, 7) is 4.48. The third-order valence-electron chi connectivity index (χ3n) is 4.09. The van der Waals surface area contributed by atoms with Gasteiger partial charge in [-0.3, -0.25) is 9.59 Å². The van der Waals surface area contributed by atoms with Crippen molar-refractivity contribution in [3.63, 3.8) is 0 Å². The average Bonchev–Trinajstić information content (AvgIpc) is 2.69. The second-order valence-corrected chi connectivity index (χ2v) is 6.65. The molecule has 0 saturated carbocycles. The number of carbonyl (C=O) groups is 2. The SMILES string of the molecule is CCCNC(=O)C(C)N(Cc1ccccc1)C(=O)COc1ccc(Cl)cc1. The van der Waals surface area contributed by atoms with Gasteiger partial charge in [0.05, 0.1) is 0 Å². The van der Waals surface area contributed by atoms with Gasteiger partial charge in [-0.2, -0.15) is 0 Å². The molecule has 0 saturated heterocycles. The number of hydrogen-bond donors (Lipinski definition) is 1. The van der Waals surface area contributed by atoms with Gasteiger partial charge >= 0.3 is 0 Å². The molecule has 1 atom stereocenters. The summed E-state index contributed by atoms with van der Waals surface area (Å²) in [6.07, 6.45) is 0.838. The minimum absolute atomic E-state index is 0.153. The molecule has 0 aromatic heterocycles. The van der Waals surface area contributed by atoms with Gasteiger partial charge in [-0.1, -0.05) is 48.9 Å². The molecule has 2 rings (SSSR count). The van der Waals surface area contributed by atoms with E-state index in [2.05, 4.69) is 5.32 Å². The van der Waals surface area contributed by atoms with Gasteiger partial charge in [0.15, 0.2) is 6.61 Å². The van der Waals surface area contributed by atoms with Gasteiger partial charge in [-0.25, -0.2) is 0 Å². The van der Waals surface area contributed by atoms with Gasteiger partial charge in [0.2, 0.25) is 5.91 Å². The first-order chi connectivity index (χ1) is 13.0. The van der Waals surface area contributed by atoms with Crippen molar-refractivity contribution in [2.45, 2.75) is 32.9 Å². The third kappa shape index (κ3) is 6.61. The van der Waals surface area contributed by atoms with Gasteiger partial charge in [0.25, 0.3) is 5.91 Å². The summed E-state index contributed by atoms with van der Waals surface area (Å²) in [7, 11) is 0. The van der Waals surface area contributed by atoms with E-state index in [0.717, 1.165) is 12.0 Å². The molecule has 6 heteroatoms. The largest absolute Gasteiger partial charge is 0.484 e. The molecule has 0 fully saturated rings. The molecule has 0 aliphatic carbocycles. The molecule has 0 bridgehead atoms. The second-order valence-electron chi connectivity index (χ2n) is 6.22. The molecular weight excluding hydrogens is 364 g/mol. The van der Waals surface area contributed by atoms with Crippen LogP contribution in [0.5, 0.6) is 5.75 Å². The molecule has 1 unspecified atom stereocenters. The van der Waals surface area contributed by atoms with Gasteiger partial charge in [0, 0.05) is 18.1 Å². The Labute approximate surface area is 165 Å². The highest BCUT2D eigenvalue weighted by atomic mass is 35.5. The second kappa shape index (κ2) is 10.6. The maximum atomic E-state index is 12.8. The quantitative estimate of drug-likeness (QED) is 0.713. The number of carbonyl (C=O) groups excluding carboxylic acids is 2. The number of rotatable bonds is 9. The number of nitrogens with one attached hydrogen (secondary N) is 1. The Balaban J connectivity index is 2.08. The van der Waals surface area contributed by atoms with Gasteiger partial charge < -0.3 is 15.0 Å². The van der Waals surface area contributed by atoms with Gasteiger partial charge in [0.1, 0.15) is 11.8 Å². The lowest BCUT2D eigenvalue weighted by molar-refractivity contribution is -0.142. The van der Waals surface area contributed by atoms with Crippen LogP contribution in [0.1, 0.15) is 25.8 Å². The molecule has 27 heavy (non-hydrogen) atoms. The Bertz CT molecular complexity index is 735. The maximum Gasteiger partial charge on any atom is 0.261 e. The highest BCUT2D eigenvalue weighted by Gasteiger charge is 2.26. The zero-order chi connectivity index (χ0) is 19.6. The molecule has 0 aliphatic heterocycles. The number of benzene rings is 2. The smallest absolute Gasteiger partial charge is 0.261 e. The predicted octanol–water partition coefficient (Wildman–Crippen LogP) is 3.66. The molecule has 0 spiro atoms. The Kier molecular flexibility index (Phi) is 8.14. The van der Waals surface area contributed by atoms with Crippen LogP contribution in [-0.4, -0.2) is 35.9 Å². The van der Waals surface area contributed by atoms with Crippen molar-refractivity contribution in [1.29, 1.82) is 0 Å². The zero-order valence-corrected chi connectivity index (χ0v) is 16.4. The van der Waals surface area contributed by atoms with Crippen molar-refractivity contribution >= 4 is 23.4 Å². The summed E-state index contributed by atoms with van der Waals surface area (Å²) in [5.41, 5.74) is 0.951. The standard InChI is InChI=1S/C21H25ClN2O3/c1-3-13-23-21(26)16(2)24(14-17-7-5-4-6-8-17)20(25)15-27-19-11-9-18(22)10-12-19/h4-12,16H,3,13-15H2,1-2H3,(H,23,26). The van der Waals surface area contributed by atoms with Crippen LogP contribution in [0.25, 0.3) is 0 Å². The molecule has 2 amide bonds. The maximum absolute atomic E-state index is 12.8. The minimum atomic E-state index is -0.599. The molecule has 2 aromatic rings. The highest BCUT2D eigenvalue weighted by Crippen LogP contribution is 2.16. The van der Waals surface area contributed by atoms with Crippen LogP contribution in [0.2, 0.25) is 5.02 Å². The van der Waals surface area contributed by atoms with Crippen LogP contribution in [0.3, 0.4) is 0 Å². The minimum Gasteiger partial charge on any atom is -0.484 e. The highest BCUT2D eigenvalue weighted by molar-refractivity contribution is 6.30. The molecular formula is C21H25ClN2O3. The van der Waals surface area contributed by atoms with E-state index in [0.29, 0.717) is 23.9 Å². The first-order valence-corrected chi connectivity index (χ1v) is 9.38. The fraction of sp³-hybridized carbons (Fsp3) is 0.333. The summed E-state index contributed by atoms with van der Waals surface area (Å²) < 4.78 is 5.57. The van der Waals surface area contributed by atoms with Gasteiger partial charge in [-0.15, -0.1) is 0 Å². The average molecular weight is 389 g/mol. The van der Waals surface area contributed by atoms with Crippen molar-refractivity contribution in [2.24, 2.45) is 0 Å². The van der Waals surface area contributed by atoms with E-state index in [1.165, 1.54) is 4.90 Å². The molecule has 0 radical (unpaired) electrons. The molecule has 5 nitrogen and oxygen atoms in total. The summed E-state index contributed by atoms with van der Waals surface area (Å²) >= 11 is 5.86. The van der Waals surface area contributed by atoms with Gasteiger partial charge in [-0.05, 0) is 43.2 Å². The molecule has 0 aliphatic rings. The van der Waals surface area contributed by atoms with Crippen molar-refractivity contribution in [2.75, 3.05) is 13.2 Å². The topological polar surface area (TPSA) is 58.6 Å². The summed E-state index contributed by atoms with van der Waals surface area (Å²) in [5.74, 6) is 0.121. The number of hydrogen-bond acceptors (Lipinski definition) is 3. The Hall–Kier alpha value is -2.53. The van der Waals surface area contributed by atoms with Crippen molar-refractivity contribution in [1.82, 2.24) is 10.2 Å². The van der Waals surface area contributed by atoms with Crippen LogP contribution in [0.15, 0.2) is 54.6 Å². The Morgan fingerprint density at radius 1 is 1.11 bits per heavy atom. The van der Waals surface area contributed by atoms with Crippen LogP contribution in [0.4, 0.5) is 0 Å². The Morgan fingerprint density at radius 3 is 2.41 bits per heavy atom. The van der Waals surface area contributed by atoms with Crippen molar-refractivity contribution in [3.05, 3.63) is 65.2 Å². The Morgan fingerprint density at radius 2 is 1.78 bits per heavy atom.